The number of amides is 2. The first-order valence-electron chi connectivity index (χ1n) is 10.5. The Morgan fingerprint density at radius 3 is 2.71 bits per heavy atom. The molecule has 1 aliphatic carbocycles. The van der Waals surface area contributed by atoms with Crippen molar-refractivity contribution >= 4 is 29.3 Å². The van der Waals surface area contributed by atoms with Crippen LogP contribution in [0.5, 0.6) is 0 Å². The minimum Gasteiger partial charge on any atom is -0.461 e. The molecule has 9 heteroatoms. The Bertz CT molecular complexity index is 1040. The summed E-state index contributed by atoms with van der Waals surface area (Å²) >= 11 is 1.29. The van der Waals surface area contributed by atoms with E-state index in [2.05, 4.69) is 20.8 Å². The number of nitrogens with zero attached hydrogens (tertiary/aromatic N) is 3. The second kappa shape index (κ2) is 9.82. The number of hydrogen-bond donors (Lipinski definition) is 2. The minimum atomic E-state index is -0.212. The average Bonchev–Trinajstić information content (AvgIpc) is 3.53. The number of para-hydroxylation sites is 1. The molecular weight excluding hydrogens is 414 g/mol. The number of aromatic nitrogens is 3. The molecule has 2 aromatic heterocycles. The highest BCUT2D eigenvalue weighted by molar-refractivity contribution is 7.99. The van der Waals surface area contributed by atoms with Crippen LogP contribution >= 0.6 is 11.8 Å². The lowest BCUT2D eigenvalue weighted by molar-refractivity contribution is -0.113. The summed E-state index contributed by atoms with van der Waals surface area (Å²) in [5.74, 6) is 1.05. The van der Waals surface area contributed by atoms with Gasteiger partial charge >= 0.3 is 0 Å². The monoisotopic (exact) mass is 439 g/mol. The van der Waals surface area contributed by atoms with Crippen molar-refractivity contribution in [1.82, 2.24) is 20.1 Å². The van der Waals surface area contributed by atoms with Gasteiger partial charge in [-0.1, -0.05) is 36.7 Å². The standard InChI is InChI=1S/C22H25N5O3S/c1-2-27-20(18-12-7-13-30-18)25-26-22(27)31-14-19(28)24-17-11-6-5-10-16(17)21(29)23-15-8-3-4-9-15/h5-7,10-13,15H,2-4,8-9,14H2,1H3,(H,23,29)(H,24,28). The van der Waals surface area contributed by atoms with E-state index in [0.717, 1.165) is 25.7 Å². The van der Waals surface area contributed by atoms with Gasteiger partial charge in [0.1, 0.15) is 0 Å². The number of nitrogens with one attached hydrogen (secondary N) is 2. The molecule has 0 aliphatic heterocycles. The number of rotatable bonds is 8. The third-order valence-electron chi connectivity index (χ3n) is 5.24. The molecule has 31 heavy (non-hydrogen) atoms. The first kappa shape index (κ1) is 21.2. The molecule has 1 aromatic carbocycles. The van der Waals surface area contributed by atoms with Gasteiger partial charge in [-0.25, -0.2) is 0 Å². The van der Waals surface area contributed by atoms with Crippen LogP contribution < -0.4 is 10.6 Å². The molecule has 2 N–H and O–H groups in total. The van der Waals surface area contributed by atoms with Crippen LogP contribution in [0.25, 0.3) is 11.6 Å². The number of hydrogen-bond acceptors (Lipinski definition) is 6. The highest BCUT2D eigenvalue weighted by Crippen LogP contribution is 2.25. The van der Waals surface area contributed by atoms with Crippen molar-refractivity contribution in [1.29, 1.82) is 0 Å². The second-order valence-corrected chi connectivity index (χ2v) is 8.31. The van der Waals surface area contributed by atoms with E-state index < -0.39 is 0 Å². The summed E-state index contributed by atoms with van der Waals surface area (Å²) in [6, 6.07) is 10.9. The van der Waals surface area contributed by atoms with Crippen molar-refractivity contribution in [3.05, 3.63) is 48.2 Å². The molecule has 0 radical (unpaired) electrons. The van der Waals surface area contributed by atoms with Gasteiger partial charge in [0.15, 0.2) is 16.7 Å². The summed E-state index contributed by atoms with van der Waals surface area (Å²) < 4.78 is 7.32. The van der Waals surface area contributed by atoms with Gasteiger partial charge in [-0.15, -0.1) is 10.2 Å². The lowest BCUT2D eigenvalue weighted by Crippen LogP contribution is -2.33. The molecule has 0 spiro atoms. The number of anilines is 1. The SMILES string of the molecule is CCn1c(SCC(=O)Nc2ccccc2C(=O)NC2CCCC2)nnc1-c1ccco1. The van der Waals surface area contributed by atoms with E-state index in [9.17, 15) is 9.59 Å². The van der Waals surface area contributed by atoms with Crippen molar-refractivity contribution < 1.29 is 14.0 Å². The van der Waals surface area contributed by atoms with Crippen molar-refractivity contribution in [2.24, 2.45) is 0 Å². The Morgan fingerprint density at radius 2 is 1.97 bits per heavy atom. The van der Waals surface area contributed by atoms with Gasteiger partial charge in [0, 0.05) is 12.6 Å². The molecular formula is C22H25N5O3S. The van der Waals surface area contributed by atoms with E-state index in [0.29, 0.717) is 34.5 Å². The molecule has 1 aliphatic rings. The first-order chi connectivity index (χ1) is 15.2. The van der Waals surface area contributed by atoms with Crippen LogP contribution in [0.15, 0.2) is 52.2 Å². The number of carbonyl (C=O) groups excluding carboxylic acids is 2. The molecule has 0 bridgehead atoms. The predicted octanol–water partition coefficient (Wildman–Crippen LogP) is 3.96. The molecule has 162 valence electrons. The van der Waals surface area contributed by atoms with Crippen molar-refractivity contribution in [3.63, 3.8) is 0 Å². The number of carbonyl (C=O) groups is 2. The zero-order valence-electron chi connectivity index (χ0n) is 17.3. The number of benzene rings is 1. The van der Waals surface area contributed by atoms with E-state index >= 15 is 0 Å². The summed E-state index contributed by atoms with van der Waals surface area (Å²) in [5, 5.41) is 15.0. The van der Waals surface area contributed by atoms with Crippen LogP contribution in [0.1, 0.15) is 43.0 Å². The van der Waals surface area contributed by atoms with Crippen LogP contribution in [-0.4, -0.2) is 38.4 Å². The van der Waals surface area contributed by atoms with Crippen molar-refractivity contribution in [2.45, 2.75) is 50.4 Å². The Kier molecular flexibility index (Phi) is 6.71. The maximum atomic E-state index is 12.7. The third-order valence-corrected chi connectivity index (χ3v) is 6.21. The first-order valence-corrected chi connectivity index (χ1v) is 11.4. The number of furan rings is 1. The molecule has 0 saturated heterocycles. The third kappa shape index (κ3) is 4.99. The minimum absolute atomic E-state index is 0.148. The van der Waals surface area contributed by atoms with Gasteiger partial charge in [0.25, 0.3) is 5.91 Å². The maximum Gasteiger partial charge on any atom is 0.253 e. The van der Waals surface area contributed by atoms with Crippen LogP contribution in [0, 0.1) is 0 Å². The van der Waals surface area contributed by atoms with Gasteiger partial charge in [0.05, 0.1) is 23.3 Å². The Balaban J connectivity index is 1.39. The van der Waals surface area contributed by atoms with Crippen molar-refractivity contribution in [3.8, 4) is 11.6 Å². The fourth-order valence-electron chi connectivity index (χ4n) is 3.71. The maximum absolute atomic E-state index is 12.7. The van der Waals surface area contributed by atoms with Gasteiger partial charge in [-0.05, 0) is 44.0 Å². The van der Waals surface area contributed by atoms with Gasteiger partial charge in [-0.3, -0.25) is 14.2 Å². The van der Waals surface area contributed by atoms with Gasteiger partial charge < -0.3 is 15.1 Å². The van der Waals surface area contributed by atoms with Crippen LogP contribution in [0.2, 0.25) is 0 Å². The van der Waals surface area contributed by atoms with Gasteiger partial charge in [0.2, 0.25) is 5.91 Å². The Labute approximate surface area is 184 Å². The van der Waals surface area contributed by atoms with E-state index in [4.69, 9.17) is 4.42 Å². The summed E-state index contributed by atoms with van der Waals surface area (Å²) in [4.78, 5) is 25.3. The van der Waals surface area contributed by atoms with E-state index in [-0.39, 0.29) is 23.6 Å². The molecule has 4 rings (SSSR count). The predicted molar refractivity (Wildman–Crippen MR) is 119 cm³/mol. The highest BCUT2D eigenvalue weighted by atomic mass is 32.2. The normalized spacial score (nSPS) is 14.0. The molecule has 3 aromatic rings. The summed E-state index contributed by atoms with van der Waals surface area (Å²) in [7, 11) is 0. The van der Waals surface area contributed by atoms with E-state index in [1.807, 2.05) is 17.6 Å². The average molecular weight is 440 g/mol. The van der Waals surface area contributed by atoms with E-state index in [1.165, 1.54) is 11.8 Å². The van der Waals surface area contributed by atoms with Crippen LogP contribution in [0.4, 0.5) is 5.69 Å². The smallest absolute Gasteiger partial charge is 0.253 e. The molecule has 2 amide bonds. The van der Waals surface area contributed by atoms with Gasteiger partial charge in [-0.2, -0.15) is 0 Å². The van der Waals surface area contributed by atoms with Crippen LogP contribution in [0.3, 0.4) is 0 Å². The second-order valence-electron chi connectivity index (χ2n) is 7.37. The van der Waals surface area contributed by atoms with Crippen LogP contribution in [-0.2, 0) is 11.3 Å². The topological polar surface area (TPSA) is 102 Å². The largest absolute Gasteiger partial charge is 0.461 e. The molecule has 0 unspecified atom stereocenters. The zero-order chi connectivity index (χ0) is 21.6. The molecule has 8 nitrogen and oxygen atoms in total. The molecule has 1 fully saturated rings. The Hall–Kier alpha value is -3.07. The lowest BCUT2D eigenvalue weighted by Gasteiger charge is -2.15. The molecule has 1 saturated carbocycles. The fourth-order valence-corrected chi connectivity index (χ4v) is 4.51. The summed E-state index contributed by atoms with van der Waals surface area (Å²) in [6.07, 6.45) is 5.89. The highest BCUT2D eigenvalue weighted by Gasteiger charge is 2.21. The molecule has 2 heterocycles. The summed E-state index contributed by atoms with van der Waals surface area (Å²) in [5.41, 5.74) is 0.987. The summed E-state index contributed by atoms with van der Waals surface area (Å²) in [6.45, 7) is 2.64. The molecule has 0 atom stereocenters. The van der Waals surface area contributed by atoms with E-state index in [1.54, 1.807) is 36.6 Å². The lowest BCUT2D eigenvalue weighted by atomic mass is 10.1. The quantitative estimate of drug-likeness (QED) is 0.515. The zero-order valence-corrected chi connectivity index (χ0v) is 18.2. The number of thioether (sulfide) groups is 1. The van der Waals surface area contributed by atoms with Crippen molar-refractivity contribution in [2.75, 3.05) is 11.1 Å². The fraction of sp³-hybridized carbons (Fsp3) is 0.364. The Morgan fingerprint density at radius 1 is 1.16 bits per heavy atom.